The number of benzene rings is 1. The van der Waals surface area contributed by atoms with Crippen LogP contribution < -0.4 is 10.6 Å². The van der Waals surface area contributed by atoms with Gasteiger partial charge in [-0.25, -0.2) is 0 Å². The highest BCUT2D eigenvalue weighted by atomic mass is 16.2. The summed E-state index contributed by atoms with van der Waals surface area (Å²) < 4.78 is 0. The van der Waals surface area contributed by atoms with Crippen LogP contribution in [0.25, 0.3) is 0 Å². The summed E-state index contributed by atoms with van der Waals surface area (Å²) in [5.41, 5.74) is 0.572. The fraction of sp³-hybridized carbons (Fsp3) is 0.579. The molecular weight excluding hydrogens is 302 g/mol. The minimum Gasteiger partial charge on any atom is -0.355 e. The third kappa shape index (κ3) is 7.13. The zero-order valence-electron chi connectivity index (χ0n) is 14.4. The second-order valence-corrected chi connectivity index (χ2v) is 6.36. The van der Waals surface area contributed by atoms with Gasteiger partial charge in [0, 0.05) is 12.1 Å². The highest BCUT2D eigenvalue weighted by Gasteiger charge is 2.09. The molecule has 1 aromatic carbocycles. The number of rotatable bonds is 9. The molecule has 0 aromatic heterocycles. The molecule has 1 aliphatic heterocycles. The molecule has 1 aromatic rings. The van der Waals surface area contributed by atoms with E-state index in [1.807, 2.05) is 6.07 Å². The number of carbonyl (C=O) groups is 2. The lowest BCUT2D eigenvalue weighted by atomic mass is 10.1. The first kappa shape index (κ1) is 18.5. The molecule has 1 fully saturated rings. The van der Waals surface area contributed by atoms with Crippen molar-refractivity contribution >= 4 is 11.8 Å². The van der Waals surface area contributed by atoms with Crippen LogP contribution in [0.5, 0.6) is 0 Å². The Morgan fingerprint density at radius 3 is 2.42 bits per heavy atom. The Morgan fingerprint density at radius 2 is 1.67 bits per heavy atom. The van der Waals surface area contributed by atoms with E-state index in [9.17, 15) is 9.59 Å². The standard InChI is InChI=1S/C19H29N3O2/c23-18(16-21-19(24)17-10-4-1-5-11-17)20-12-6-2-7-13-22-14-8-3-9-15-22/h1,4-5,10-11H,2-3,6-9,12-16H2,(H,20,23)(H,21,24). The van der Waals surface area contributed by atoms with Crippen LogP contribution in [0.4, 0.5) is 0 Å². The molecule has 5 nitrogen and oxygen atoms in total. The van der Waals surface area contributed by atoms with E-state index in [-0.39, 0.29) is 18.4 Å². The number of nitrogens with one attached hydrogen (secondary N) is 2. The SMILES string of the molecule is O=C(CNC(=O)c1ccccc1)NCCCCCN1CCCCC1. The van der Waals surface area contributed by atoms with E-state index in [1.165, 1.54) is 45.3 Å². The van der Waals surface area contributed by atoms with Crippen LogP contribution in [0.15, 0.2) is 30.3 Å². The molecule has 0 saturated carbocycles. The third-order valence-corrected chi connectivity index (χ3v) is 4.37. The molecule has 0 atom stereocenters. The first-order valence-corrected chi connectivity index (χ1v) is 9.08. The van der Waals surface area contributed by atoms with Gasteiger partial charge in [0.25, 0.3) is 5.91 Å². The number of unbranched alkanes of at least 4 members (excludes halogenated alkanes) is 2. The Labute approximate surface area is 144 Å². The van der Waals surface area contributed by atoms with E-state index in [4.69, 9.17) is 0 Å². The van der Waals surface area contributed by atoms with E-state index in [0.29, 0.717) is 12.1 Å². The zero-order valence-corrected chi connectivity index (χ0v) is 14.4. The number of hydrogen-bond donors (Lipinski definition) is 2. The van der Waals surface area contributed by atoms with Gasteiger partial charge in [0.05, 0.1) is 6.54 Å². The Balaban J connectivity index is 1.47. The number of carbonyl (C=O) groups excluding carboxylic acids is 2. The van der Waals surface area contributed by atoms with Crippen molar-refractivity contribution in [1.29, 1.82) is 0 Å². The fourth-order valence-corrected chi connectivity index (χ4v) is 2.96. The smallest absolute Gasteiger partial charge is 0.251 e. The topological polar surface area (TPSA) is 61.4 Å². The second kappa shape index (κ2) is 10.8. The maximum Gasteiger partial charge on any atom is 0.251 e. The predicted octanol–water partition coefficient (Wildman–Crippen LogP) is 2.19. The van der Waals surface area contributed by atoms with Crippen LogP contribution in [0.2, 0.25) is 0 Å². The van der Waals surface area contributed by atoms with Gasteiger partial charge in [-0.05, 0) is 57.5 Å². The monoisotopic (exact) mass is 331 g/mol. The van der Waals surface area contributed by atoms with Gasteiger partial charge in [0.2, 0.25) is 5.91 Å². The van der Waals surface area contributed by atoms with Crippen molar-refractivity contribution in [3.63, 3.8) is 0 Å². The summed E-state index contributed by atoms with van der Waals surface area (Å²) in [4.78, 5) is 26.1. The Morgan fingerprint density at radius 1 is 0.917 bits per heavy atom. The van der Waals surface area contributed by atoms with Gasteiger partial charge in [-0.1, -0.05) is 31.0 Å². The molecule has 1 saturated heterocycles. The fourth-order valence-electron chi connectivity index (χ4n) is 2.96. The average Bonchev–Trinajstić information content (AvgIpc) is 2.64. The number of nitrogens with zero attached hydrogens (tertiary/aromatic N) is 1. The van der Waals surface area contributed by atoms with Crippen molar-refractivity contribution in [1.82, 2.24) is 15.5 Å². The summed E-state index contributed by atoms with van der Waals surface area (Å²) in [6.07, 6.45) is 7.37. The molecular formula is C19H29N3O2. The molecule has 2 amide bonds. The van der Waals surface area contributed by atoms with E-state index >= 15 is 0 Å². The summed E-state index contributed by atoms with van der Waals surface area (Å²) in [6, 6.07) is 8.93. The van der Waals surface area contributed by atoms with Gasteiger partial charge in [0.1, 0.15) is 0 Å². The quantitative estimate of drug-likeness (QED) is 0.682. The highest BCUT2D eigenvalue weighted by molar-refractivity contribution is 5.96. The minimum absolute atomic E-state index is 0.0293. The number of likely N-dealkylation sites (tertiary alicyclic amines) is 1. The second-order valence-electron chi connectivity index (χ2n) is 6.36. The van der Waals surface area contributed by atoms with Crippen molar-refractivity contribution in [2.24, 2.45) is 0 Å². The normalized spacial score (nSPS) is 15.0. The van der Waals surface area contributed by atoms with E-state index in [0.717, 1.165) is 12.8 Å². The molecule has 0 unspecified atom stereocenters. The van der Waals surface area contributed by atoms with Gasteiger partial charge >= 0.3 is 0 Å². The molecule has 2 rings (SSSR count). The van der Waals surface area contributed by atoms with Crippen LogP contribution in [-0.4, -0.2) is 49.4 Å². The van der Waals surface area contributed by atoms with Gasteiger partial charge in [-0.15, -0.1) is 0 Å². The number of hydrogen-bond acceptors (Lipinski definition) is 3. The predicted molar refractivity (Wildman–Crippen MR) is 95.9 cm³/mol. The van der Waals surface area contributed by atoms with E-state index in [1.54, 1.807) is 24.3 Å². The molecule has 24 heavy (non-hydrogen) atoms. The molecule has 1 aliphatic rings. The third-order valence-electron chi connectivity index (χ3n) is 4.37. The Kier molecular flexibility index (Phi) is 8.32. The summed E-state index contributed by atoms with van der Waals surface area (Å²) in [7, 11) is 0. The largest absolute Gasteiger partial charge is 0.355 e. The van der Waals surface area contributed by atoms with Crippen molar-refractivity contribution < 1.29 is 9.59 Å². The van der Waals surface area contributed by atoms with E-state index in [2.05, 4.69) is 15.5 Å². The minimum atomic E-state index is -0.215. The van der Waals surface area contributed by atoms with Crippen molar-refractivity contribution in [3.05, 3.63) is 35.9 Å². The molecule has 5 heteroatoms. The molecule has 0 aliphatic carbocycles. The summed E-state index contributed by atoms with van der Waals surface area (Å²) in [5.74, 6) is -0.345. The summed E-state index contributed by atoms with van der Waals surface area (Å²) in [5, 5.41) is 5.50. The van der Waals surface area contributed by atoms with Crippen molar-refractivity contribution in [2.75, 3.05) is 32.7 Å². The Hall–Kier alpha value is -1.88. The molecule has 2 N–H and O–H groups in total. The van der Waals surface area contributed by atoms with Gasteiger partial charge in [-0.2, -0.15) is 0 Å². The molecule has 1 heterocycles. The van der Waals surface area contributed by atoms with E-state index < -0.39 is 0 Å². The number of amides is 2. The lowest BCUT2D eigenvalue weighted by Gasteiger charge is -2.26. The van der Waals surface area contributed by atoms with Crippen LogP contribution in [-0.2, 0) is 4.79 Å². The van der Waals surface area contributed by atoms with Crippen LogP contribution >= 0.6 is 0 Å². The maximum atomic E-state index is 11.8. The highest BCUT2D eigenvalue weighted by Crippen LogP contribution is 2.09. The summed E-state index contributed by atoms with van der Waals surface area (Å²) in [6.45, 7) is 4.39. The zero-order chi connectivity index (χ0) is 17.0. The number of piperidine rings is 1. The van der Waals surface area contributed by atoms with Crippen LogP contribution in [0, 0.1) is 0 Å². The van der Waals surface area contributed by atoms with Crippen molar-refractivity contribution in [2.45, 2.75) is 38.5 Å². The lowest BCUT2D eigenvalue weighted by Crippen LogP contribution is -2.37. The van der Waals surface area contributed by atoms with Gasteiger partial charge in [-0.3, -0.25) is 9.59 Å². The molecule has 0 bridgehead atoms. The Bertz CT molecular complexity index is 499. The summed E-state index contributed by atoms with van der Waals surface area (Å²) >= 11 is 0. The van der Waals surface area contributed by atoms with Crippen LogP contribution in [0.1, 0.15) is 48.9 Å². The van der Waals surface area contributed by atoms with Crippen LogP contribution in [0.3, 0.4) is 0 Å². The first-order chi connectivity index (χ1) is 11.8. The molecule has 0 spiro atoms. The first-order valence-electron chi connectivity index (χ1n) is 9.08. The lowest BCUT2D eigenvalue weighted by molar-refractivity contribution is -0.120. The molecule has 132 valence electrons. The maximum absolute atomic E-state index is 11.8. The van der Waals surface area contributed by atoms with Gasteiger partial charge < -0.3 is 15.5 Å². The average molecular weight is 331 g/mol. The molecule has 0 radical (unpaired) electrons. The van der Waals surface area contributed by atoms with Gasteiger partial charge in [0.15, 0.2) is 0 Å². The van der Waals surface area contributed by atoms with Crippen molar-refractivity contribution in [3.8, 4) is 0 Å².